The highest BCUT2D eigenvalue weighted by atomic mass is 35.5. The van der Waals surface area contributed by atoms with Crippen molar-refractivity contribution in [3.8, 4) is 0 Å². The van der Waals surface area contributed by atoms with Crippen molar-refractivity contribution in [3.63, 3.8) is 0 Å². The zero-order valence-electron chi connectivity index (χ0n) is 16.8. The number of amides is 1. The third-order valence-corrected chi connectivity index (χ3v) is 7.49. The van der Waals surface area contributed by atoms with Crippen LogP contribution in [0.4, 0.5) is 13.2 Å². The minimum Gasteiger partial charge on any atom is -0.278 e. The van der Waals surface area contributed by atoms with Gasteiger partial charge in [-0.05, 0) is 59.6 Å². The molecule has 0 radical (unpaired) electrons. The molecule has 3 aromatic rings. The van der Waals surface area contributed by atoms with E-state index in [4.69, 9.17) is 11.6 Å². The summed E-state index contributed by atoms with van der Waals surface area (Å²) in [6, 6.07) is 9.09. The van der Waals surface area contributed by atoms with Crippen LogP contribution in [0.5, 0.6) is 0 Å². The number of rotatable bonds is 5. The summed E-state index contributed by atoms with van der Waals surface area (Å²) in [7, 11) is 0. The normalized spacial score (nSPS) is 16.0. The first-order valence-electron chi connectivity index (χ1n) is 9.72. The van der Waals surface area contributed by atoms with Gasteiger partial charge in [-0.1, -0.05) is 54.2 Å². The monoisotopic (exact) mass is 495 g/mol. The standard InChI is InChI=1S/C22H17ClF3N3OS2/c1-2-7-31-21-28-20(30)19(32-21)16(12-4-6-18-14(8-12)11-27-29-18)9-13-3-5-15(23)10-17(13)22(24,25)26/h3-6,8,10-11H,2,7,9H2,1H3,(H,27,29). The number of hydrogen-bond donors (Lipinski definition) is 1. The van der Waals surface area contributed by atoms with Crippen molar-refractivity contribution in [3.05, 3.63) is 69.2 Å². The van der Waals surface area contributed by atoms with Crippen LogP contribution in [0.15, 0.2) is 52.5 Å². The second-order valence-corrected chi connectivity index (χ2v) is 9.87. The van der Waals surface area contributed by atoms with E-state index in [9.17, 15) is 18.0 Å². The van der Waals surface area contributed by atoms with Crippen LogP contribution < -0.4 is 0 Å². The van der Waals surface area contributed by atoms with E-state index in [-0.39, 0.29) is 17.0 Å². The van der Waals surface area contributed by atoms with Gasteiger partial charge in [0.25, 0.3) is 5.91 Å². The summed E-state index contributed by atoms with van der Waals surface area (Å²) in [5.41, 5.74) is 1.16. The molecule has 2 heterocycles. The van der Waals surface area contributed by atoms with Gasteiger partial charge in [0.2, 0.25) is 0 Å². The van der Waals surface area contributed by atoms with Gasteiger partial charge in [0.1, 0.15) is 4.38 Å². The number of aliphatic imine (C=N–C) groups is 1. The summed E-state index contributed by atoms with van der Waals surface area (Å²) >= 11 is 8.53. The molecule has 0 aliphatic carbocycles. The number of nitrogens with one attached hydrogen (secondary N) is 1. The van der Waals surface area contributed by atoms with Crippen LogP contribution in [0.3, 0.4) is 0 Å². The van der Waals surface area contributed by atoms with Crippen molar-refractivity contribution in [2.24, 2.45) is 4.99 Å². The number of aromatic amines is 1. The van der Waals surface area contributed by atoms with E-state index in [1.807, 2.05) is 13.0 Å². The van der Waals surface area contributed by atoms with Crippen LogP contribution in [-0.4, -0.2) is 26.2 Å². The molecule has 1 amide bonds. The minimum absolute atomic E-state index is 0.00278. The number of aromatic nitrogens is 2. The average Bonchev–Trinajstić information content (AvgIpc) is 3.36. The van der Waals surface area contributed by atoms with Crippen molar-refractivity contribution in [2.45, 2.75) is 25.9 Å². The number of H-pyrrole nitrogens is 1. The maximum Gasteiger partial charge on any atom is 0.416 e. The van der Waals surface area contributed by atoms with E-state index in [1.54, 1.807) is 18.3 Å². The van der Waals surface area contributed by atoms with E-state index in [2.05, 4.69) is 15.2 Å². The molecule has 4 nitrogen and oxygen atoms in total. The number of halogens is 4. The van der Waals surface area contributed by atoms with Gasteiger partial charge in [0.05, 0.1) is 22.2 Å². The van der Waals surface area contributed by atoms with Crippen LogP contribution >= 0.6 is 35.1 Å². The molecule has 166 valence electrons. The fourth-order valence-corrected chi connectivity index (χ4v) is 5.51. The fraction of sp³-hybridized carbons (Fsp3) is 0.227. The lowest BCUT2D eigenvalue weighted by atomic mass is 9.93. The number of thioether (sulfide) groups is 2. The van der Waals surface area contributed by atoms with E-state index in [0.717, 1.165) is 29.1 Å². The molecule has 0 bridgehead atoms. The Morgan fingerprint density at radius 3 is 2.78 bits per heavy atom. The molecular formula is C22H17ClF3N3OS2. The first-order chi connectivity index (χ1) is 15.3. The molecule has 2 aromatic carbocycles. The Kier molecular flexibility index (Phi) is 6.69. The maximum atomic E-state index is 13.7. The van der Waals surface area contributed by atoms with Crippen molar-refractivity contribution in [1.29, 1.82) is 0 Å². The Bertz CT molecular complexity index is 1250. The Hall–Kier alpha value is -2.23. The minimum atomic E-state index is -4.57. The van der Waals surface area contributed by atoms with E-state index >= 15 is 0 Å². The molecule has 1 aromatic heterocycles. The molecule has 0 saturated carbocycles. The SMILES string of the molecule is CCCSC1=NC(=O)C(=C(Cc2ccc(Cl)cc2C(F)(F)F)c2ccc3[nH]ncc3c2)S1. The first-order valence-corrected chi connectivity index (χ1v) is 11.9. The maximum absolute atomic E-state index is 13.7. The Balaban J connectivity index is 1.82. The van der Waals surface area contributed by atoms with Crippen LogP contribution in [-0.2, 0) is 17.4 Å². The average molecular weight is 496 g/mol. The molecule has 32 heavy (non-hydrogen) atoms. The molecular weight excluding hydrogens is 479 g/mol. The van der Waals surface area contributed by atoms with Gasteiger partial charge in [-0.3, -0.25) is 9.89 Å². The third kappa shape index (κ3) is 4.89. The van der Waals surface area contributed by atoms with Gasteiger partial charge >= 0.3 is 6.18 Å². The molecule has 0 atom stereocenters. The predicted molar refractivity (Wildman–Crippen MR) is 126 cm³/mol. The number of benzene rings is 2. The fourth-order valence-electron chi connectivity index (χ4n) is 3.33. The molecule has 1 N–H and O–H groups in total. The number of allylic oxidation sites excluding steroid dienone is 1. The molecule has 0 spiro atoms. The summed E-state index contributed by atoms with van der Waals surface area (Å²) < 4.78 is 41.8. The second kappa shape index (κ2) is 9.33. The Labute approximate surface area is 195 Å². The molecule has 10 heteroatoms. The van der Waals surface area contributed by atoms with Crippen molar-refractivity contribution < 1.29 is 18.0 Å². The van der Waals surface area contributed by atoms with Crippen molar-refractivity contribution in [2.75, 3.05) is 5.75 Å². The van der Waals surface area contributed by atoms with Crippen LogP contribution in [0.2, 0.25) is 5.02 Å². The smallest absolute Gasteiger partial charge is 0.278 e. The Morgan fingerprint density at radius 1 is 1.22 bits per heavy atom. The molecule has 0 saturated heterocycles. The Morgan fingerprint density at radius 2 is 2.03 bits per heavy atom. The molecule has 1 aliphatic rings. The van der Waals surface area contributed by atoms with Gasteiger partial charge in [0.15, 0.2) is 0 Å². The highest BCUT2D eigenvalue weighted by molar-refractivity contribution is 8.41. The number of nitrogens with zero attached hydrogens (tertiary/aromatic N) is 2. The number of carbonyl (C=O) groups excluding carboxylic acids is 1. The summed E-state index contributed by atoms with van der Waals surface area (Å²) in [5, 5.41) is 7.65. The number of alkyl halides is 3. The molecule has 0 unspecified atom stereocenters. The summed E-state index contributed by atoms with van der Waals surface area (Å²) in [5.74, 6) is 0.372. The quantitative estimate of drug-likeness (QED) is 0.389. The zero-order chi connectivity index (χ0) is 22.9. The first kappa shape index (κ1) is 22.9. The summed E-state index contributed by atoms with van der Waals surface area (Å²) in [6.45, 7) is 2.02. The van der Waals surface area contributed by atoms with Crippen LogP contribution in [0.1, 0.15) is 30.0 Å². The van der Waals surface area contributed by atoms with Crippen molar-refractivity contribution >= 4 is 61.9 Å². The number of hydrogen-bond acceptors (Lipinski definition) is 4. The summed E-state index contributed by atoms with van der Waals surface area (Å²) in [6.07, 6.45) is -2.12. The second-order valence-electron chi connectivity index (χ2n) is 7.09. The largest absolute Gasteiger partial charge is 0.416 e. The lowest BCUT2D eigenvalue weighted by Crippen LogP contribution is -2.10. The van der Waals surface area contributed by atoms with E-state index in [0.29, 0.717) is 20.4 Å². The topological polar surface area (TPSA) is 58.1 Å². The van der Waals surface area contributed by atoms with Crippen LogP contribution in [0, 0.1) is 0 Å². The van der Waals surface area contributed by atoms with Crippen molar-refractivity contribution in [1.82, 2.24) is 10.2 Å². The lowest BCUT2D eigenvalue weighted by molar-refractivity contribution is -0.138. The summed E-state index contributed by atoms with van der Waals surface area (Å²) in [4.78, 5) is 17.2. The zero-order valence-corrected chi connectivity index (χ0v) is 19.2. The molecule has 4 rings (SSSR count). The third-order valence-electron chi connectivity index (χ3n) is 4.81. The number of fused-ring (bicyclic) bond motifs is 1. The lowest BCUT2D eigenvalue weighted by Gasteiger charge is -2.16. The predicted octanol–water partition coefficient (Wildman–Crippen LogP) is 6.96. The molecule has 0 fully saturated rings. The van der Waals surface area contributed by atoms with Gasteiger partial charge in [0, 0.05) is 10.4 Å². The highest BCUT2D eigenvalue weighted by Crippen LogP contribution is 2.41. The van der Waals surface area contributed by atoms with E-state index < -0.39 is 17.6 Å². The number of carbonyl (C=O) groups is 1. The molecule has 1 aliphatic heterocycles. The highest BCUT2D eigenvalue weighted by Gasteiger charge is 2.35. The van der Waals surface area contributed by atoms with Crippen LogP contribution in [0.25, 0.3) is 16.5 Å². The van der Waals surface area contributed by atoms with Gasteiger partial charge < -0.3 is 0 Å². The van der Waals surface area contributed by atoms with Gasteiger partial charge in [-0.15, -0.1) is 0 Å². The van der Waals surface area contributed by atoms with Gasteiger partial charge in [-0.25, -0.2) is 0 Å². The van der Waals surface area contributed by atoms with Gasteiger partial charge in [-0.2, -0.15) is 23.3 Å². The van der Waals surface area contributed by atoms with E-state index in [1.165, 1.54) is 35.7 Å².